The SMILES string of the molecule is CS(=O)(=O)Nc1ccc(C2=NN(C(=O)c3ccco3)[C@H](c3ccco3)C2)cc1. The van der Waals surface area contributed by atoms with Crippen molar-refractivity contribution in [2.45, 2.75) is 12.5 Å². The summed E-state index contributed by atoms with van der Waals surface area (Å²) in [4.78, 5) is 12.8. The van der Waals surface area contributed by atoms with Gasteiger partial charge in [0.05, 0.1) is 24.5 Å². The maximum atomic E-state index is 12.8. The first-order valence-electron chi connectivity index (χ1n) is 8.47. The monoisotopic (exact) mass is 399 g/mol. The van der Waals surface area contributed by atoms with Crippen LogP contribution in [0.15, 0.2) is 75.0 Å². The number of nitrogens with one attached hydrogen (secondary N) is 1. The second-order valence-electron chi connectivity index (χ2n) is 6.36. The molecule has 8 nitrogen and oxygen atoms in total. The quantitative estimate of drug-likeness (QED) is 0.709. The van der Waals surface area contributed by atoms with Crippen LogP contribution < -0.4 is 4.72 Å². The van der Waals surface area contributed by atoms with Crippen molar-refractivity contribution in [3.05, 3.63) is 78.1 Å². The van der Waals surface area contributed by atoms with E-state index in [2.05, 4.69) is 9.82 Å². The first-order chi connectivity index (χ1) is 13.4. The third-order valence-corrected chi connectivity index (χ3v) is 4.85. The highest BCUT2D eigenvalue weighted by atomic mass is 32.2. The van der Waals surface area contributed by atoms with E-state index in [-0.39, 0.29) is 11.7 Å². The van der Waals surface area contributed by atoms with Crippen LogP contribution in [0.3, 0.4) is 0 Å². The van der Waals surface area contributed by atoms with Gasteiger partial charge in [0.25, 0.3) is 0 Å². The lowest BCUT2D eigenvalue weighted by molar-refractivity contribution is 0.0660. The minimum Gasteiger partial charge on any atom is -0.467 e. The van der Waals surface area contributed by atoms with Crippen molar-refractivity contribution >= 4 is 27.3 Å². The summed E-state index contributed by atoms with van der Waals surface area (Å²) in [5.74, 6) is 0.444. The van der Waals surface area contributed by atoms with Crippen LogP contribution in [-0.2, 0) is 10.0 Å². The molecule has 0 saturated carbocycles. The summed E-state index contributed by atoms with van der Waals surface area (Å²) in [5, 5.41) is 5.85. The van der Waals surface area contributed by atoms with Gasteiger partial charge in [0, 0.05) is 12.1 Å². The first kappa shape index (κ1) is 18.1. The maximum Gasteiger partial charge on any atom is 0.310 e. The molecule has 4 rings (SSSR count). The normalized spacial score (nSPS) is 16.8. The molecule has 9 heteroatoms. The number of rotatable bonds is 5. The van der Waals surface area contributed by atoms with Gasteiger partial charge in [0.1, 0.15) is 11.8 Å². The number of anilines is 1. The minimum atomic E-state index is -3.35. The molecule has 0 radical (unpaired) electrons. The molecule has 0 unspecified atom stereocenters. The predicted octanol–water partition coefficient (Wildman–Crippen LogP) is 3.24. The third-order valence-electron chi connectivity index (χ3n) is 4.24. The number of amides is 1. The molecule has 0 saturated heterocycles. The van der Waals surface area contributed by atoms with Crippen molar-refractivity contribution in [3.8, 4) is 0 Å². The zero-order chi connectivity index (χ0) is 19.7. The Morgan fingerprint density at radius 2 is 1.82 bits per heavy atom. The van der Waals surface area contributed by atoms with E-state index in [1.807, 2.05) is 0 Å². The number of nitrogens with zero attached hydrogens (tertiary/aromatic N) is 2. The lowest BCUT2D eigenvalue weighted by Crippen LogP contribution is -2.26. The van der Waals surface area contributed by atoms with Gasteiger partial charge in [-0.15, -0.1) is 0 Å². The molecular formula is C19H17N3O5S. The van der Waals surface area contributed by atoms with E-state index in [4.69, 9.17) is 8.83 Å². The van der Waals surface area contributed by atoms with E-state index in [9.17, 15) is 13.2 Å². The third kappa shape index (κ3) is 3.70. The molecular weight excluding hydrogens is 382 g/mol. The number of sulfonamides is 1. The Morgan fingerprint density at radius 3 is 2.43 bits per heavy atom. The predicted molar refractivity (Wildman–Crippen MR) is 102 cm³/mol. The van der Waals surface area contributed by atoms with Crippen LogP contribution in [0, 0.1) is 0 Å². The van der Waals surface area contributed by atoms with Crippen LogP contribution >= 0.6 is 0 Å². The van der Waals surface area contributed by atoms with Crippen molar-refractivity contribution in [1.82, 2.24) is 5.01 Å². The summed E-state index contributed by atoms with van der Waals surface area (Å²) in [7, 11) is -3.35. The van der Waals surface area contributed by atoms with E-state index in [1.165, 1.54) is 11.3 Å². The number of carbonyl (C=O) groups excluding carboxylic acids is 1. The number of hydrogen-bond donors (Lipinski definition) is 1. The number of hydrazone groups is 1. The van der Waals surface area contributed by atoms with Gasteiger partial charge in [0.15, 0.2) is 5.76 Å². The lowest BCUT2D eigenvalue weighted by atomic mass is 10.0. The summed E-state index contributed by atoms with van der Waals surface area (Å²) in [5.41, 5.74) is 1.92. The fourth-order valence-corrected chi connectivity index (χ4v) is 3.60. The number of benzene rings is 1. The highest BCUT2D eigenvalue weighted by molar-refractivity contribution is 7.92. The molecule has 1 amide bonds. The molecule has 1 N–H and O–H groups in total. The van der Waals surface area contributed by atoms with Crippen molar-refractivity contribution < 1.29 is 22.0 Å². The van der Waals surface area contributed by atoms with Crippen LogP contribution in [0.2, 0.25) is 0 Å². The molecule has 144 valence electrons. The van der Waals surface area contributed by atoms with Crippen molar-refractivity contribution in [2.75, 3.05) is 11.0 Å². The average Bonchev–Trinajstić information content (AvgIpc) is 3.40. The van der Waals surface area contributed by atoms with Crippen LogP contribution in [0.5, 0.6) is 0 Å². The first-order valence-corrected chi connectivity index (χ1v) is 10.4. The molecule has 28 heavy (non-hydrogen) atoms. The van der Waals surface area contributed by atoms with E-state index in [0.29, 0.717) is 23.6 Å². The zero-order valence-corrected chi connectivity index (χ0v) is 15.7. The van der Waals surface area contributed by atoms with Gasteiger partial charge in [0.2, 0.25) is 10.0 Å². The van der Waals surface area contributed by atoms with Crippen molar-refractivity contribution in [1.29, 1.82) is 0 Å². The molecule has 1 aliphatic heterocycles. The molecule has 1 aromatic carbocycles. The zero-order valence-electron chi connectivity index (χ0n) is 14.9. The Hall–Kier alpha value is -3.33. The fraction of sp³-hybridized carbons (Fsp3) is 0.158. The smallest absolute Gasteiger partial charge is 0.310 e. The number of hydrogen-bond acceptors (Lipinski definition) is 6. The van der Waals surface area contributed by atoms with Gasteiger partial charge in [-0.25, -0.2) is 13.4 Å². The Balaban J connectivity index is 1.64. The maximum absolute atomic E-state index is 12.8. The molecule has 0 spiro atoms. The van der Waals surface area contributed by atoms with Crippen LogP contribution in [0.4, 0.5) is 5.69 Å². The Morgan fingerprint density at radius 1 is 1.11 bits per heavy atom. The summed E-state index contributed by atoms with van der Waals surface area (Å²) in [6.45, 7) is 0. The van der Waals surface area contributed by atoms with E-state index < -0.39 is 16.1 Å². The average molecular weight is 399 g/mol. The topological polar surface area (TPSA) is 105 Å². The molecule has 0 aliphatic carbocycles. The Kier molecular flexibility index (Phi) is 4.52. The summed E-state index contributed by atoms with van der Waals surface area (Å²) >= 11 is 0. The Labute approximate surface area is 161 Å². The summed E-state index contributed by atoms with van der Waals surface area (Å²) in [6, 6.07) is 13.2. The van der Waals surface area contributed by atoms with Gasteiger partial charge in [-0.2, -0.15) is 5.10 Å². The van der Waals surface area contributed by atoms with Gasteiger partial charge >= 0.3 is 5.91 Å². The van der Waals surface area contributed by atoms with E-state index >= 15 is 0 Å². The van der Waals surface area contributed by atoms with Crippen LogP contribution in [0.1, 0.15) is 34.3 Å². The fourth-order valence-electron chi connectivity index (χ4n) is 3.03. The van der Waals surface area contributed by atoms with Crippen LogP contribution in [0.25, 0.3) is 0 Å². The molecule has 1 atom stereocenters. The largest absolute Gasteiger partial charge is 0.467 e. The van der Waals surface area contributed by atoms with Gasteiger partial charge in [-0.05, 0) is 42.0 Å². The molecule has 0 fully saturated rings. The molecule has 2 aromatic heterocycles. The molecule has 1 aliphatic rings. The summed E-state index contributed by atoms with van der Waals surface area (Å²) in [6.07, 6.45) is 4.53. The molecule has 0 bridgehead atoms. The Bertz CT molecular complexity index is 1100. The number of furan rings is 2. The molecule has 3 aromatic rings. The highest BCUT2D eigenvalue weighted by Crippen LogP contribution is 2.34. The summed E-state index contributed by atoms with van der Waals surface area (Å²) < 4.78 is 35.8. The van der Waals surface area contributed by atoms with Gasteiger partial charge in [-0.3, -0.25) is 9.52 Å². The van der Waals surface area contributed by atoms with Gasteiger partial charge in [-0.1, -0.05) is 12.1 Å². The highest BCUT2D eigenvalue weighted by Gasteiger charge is 2.36. The van der Waals surface area contributed by atoms with Crippen molar-refractivity contribution in [2.24, 2.45) is 5.10 Å². The van der Waals surface area contributed by atoms with Gasteiger partial charge < -0.3 is 8.83 Å². The lowest BCUT2D eigenvalue weighted by Gasteiger charge is -2.18. The van der Waals surface area contributed by atoms with E-state index in [1.54, 1.807) is 54.8 Å². The van der Waals surface area contributed by atoms with E-state index in [0.717, 1.165) is 11.8 Å². The van der Waals surface area contributed by atoms with Crippen molar-refractivity contribution in [3.63, 3.8) is 0 Å². The van der Waals surface area contributed by atoms with Crippen LogP contribution in [-0.4, -0.2) is 31.3 Å². The standard InChI is InChI=1S/C19H17N3O5S/c1-28(24,25)21-14-8-6-13(7-9-14)15-12-16(17-4-2-10-26-17)22(20-15)19(23)18-5-3-11-27-18/h2-11,16,21H,12H2,1H3/t16-/m0/s1. The second kappa shape index (κ2) is 7.01. The second-order valence-corrected chi connectivity index (χ2v) is 8.11. The molecule has 3 heterocycles. The number of carbonyl (C=O) groups is 1. The minimum absolute atomic E-state index is 0.189.